The first kappa shape index (κ1) is 21.6. The van der Waals surface area contributed by atoms with E-state index in [-0.39, 0.29) is 0 Å². The van der Waals surface area contributed by atoms with Crippen molar-refractivity contribution in [3.8, 4) is 56.4 Å². The number of aromatic nitrogens is 3. The summed E-state index contributed by atoms with van der Waals surface area (Å²) in [4.78, 5) is 14.6. The third kappa shape index (κ3) is 4.55. The molecule has 170 valence electrons. The van der Waals surface area contributed by atoms with Crippen molar-refractivity contribution in [2.45, 2.75) is 0 Å². The van der Waals surface area contributed by atoms with Gasteiger partial charge in [-0.25, -0.2) is 15.0 Å². The minimum absolute atomic E-state index is 0.656. The molecule has 5 aromatic carbocycles. The molecule has 6 rings (SSSR count). The molecule has 0 saturated heterocycles. The Morgan fingerprint density at radius 1 is 0.250 bits per heavy atom. The maximum atomic E-state index is 4.88. The molecule has 0 saturated carbocycles. The molecule has 36 heavy (non-hydrogen) atoms. The fourth-order valence-corrected chi connectivity index (χ4v) is 4.28. The molecule has 0 spiro atoms. The van der Waals surface area contributed by atoms with Crippen molar-refractivity contribution in [2.75, 3.05) is 0 Å². The summed E-state index contributed by atoms with van der Waals surface area (Å²) in [5, 5.41) is 0. The van der Waals surface area contributed by atoms with Gasteiger partial charge >= 0.3 is 0 Å². The quantitative estimate of drug-likeness (QED) is 0.260. The summed E-state index contributed by atoms with van der Waals surface area (Å²) >= 11 is 0. The zero-order valence-electron chi connectivity index (χ0n) is 19.6. The Kier molecular flexibility index (Phi) is 5.87. The Morgan fingerprint density at radius 3 is 1.03 bits per heavy atom. The predicted molar refractivity (Wildman–Crippen MR) is 147 cm³/mol. The highest BCUT2D eigenvalue weighted by Crippen LogP contribution is 2.30. The Hall–Kier alpha value is -4.89. The van der Waals surface area contributed by atoms with Crippen LogP contribution in [0.15, 0.2) is 140 Å². The van der Waals surface area contributed by atoms with Gasteiger partial charge in [-0.2, -0.15) is 0 Å². The van der Waals surface area contributed by atoms with E-state index in [9.17, 15) is 0 Å². The zero-order chi connectivity index (χ0) is 24.2. The van der Waals surface area contributed by atoms with Crippen LogP contribution in [0.1, 0.15) is 0 Å². The van der Waals surface area contributed by atoms with Crippen molar-refractivity contribution in [1.82, 2.24) is 15.0 Å². The van der Waals surface area contributed by atoms with Gasteiger partial charge in [-0.1, -0.05) is 127 Å². The highest BCUT2D eigenvalue weighted by Gasteiger charge is 2.13. The minimum Gasteiger partial charge on any atom is -0.208 e. The Labute approximate surface area is 210 Å². The highest BCUT2D eigenvalue weighted by atomic mass is 15.0. The second kappa shape index (κ2) is 9.77. The van der Waals surface area contributed by atoms with Gasteiger partial charge in [-0.15, -0.1) is 0 Å². The summed E-state index contributed by atoms with van der Waals surface area (Å²) in [6.07, 6.45) is 0. The molecule has 3 nitrogen and oxygen atoms in total. The van der Waals surface area contributed by atoms with Gasteiger partial charge in [-0.05, 0) is 34.4 Å². The lowest BCUT2D eigenvalue weighted by Gasteiger charge is -2.10. The van der Waals surface area contributed by atoms with Crippen LogP contribution in [0.4, 0.5) is 0 Å². The molecule has 0 aliphatic heterocycles. The molecule has 0 bridgehead atoms. The van der Waals surface area contributed by atoms with Crippen LogP contribution in [0.5, 0.6) is 0 Å². The molecule has 3 heteroatoms. The minimum atomic E-state index is 0.656. The molecule has 0 unspecified atom stereocenters. The van der Waals surface area contributed by atoms with E-state index in [1.165, 1.54) is 11.1 Å². The van der Waals surface area contributed by atoms with Gasteiger partial charge in [0.15, 0.2) is 17.5 Å². The average molecular weight is 462 g/mol. The van der Waals surface area contributed by atoms with Crippen LogP contribution in [0.25, 0.3) is 56.4 Å². The first-order valence-corrected chi connectivity index (χ1v) is 12.0. The molecular formula is C33H23N3. The van der Waals surface area contributed by atoms with Crippen LogP contribution < -0.4 is 0 Å². The largest absolute Gasteiger partial charge is 0.208 e. The number of nitrogens with zero attached hydrogens (tertiary/aromatic N) is 3. The molecule has 1 heterocycles. The molecule has 0 radical (unpaired) electrons. The molecule has 0 aliphatic rings. The van der Waals surface area contributed by atoms with Gasteiger partial charge in [-0.3, -0.25) is 0 Å². The number of rotatable bonds is 5. The van der Waals surface area contributed by atoms with Crippen LogP contribution in [-0.2, 0) is 0 Å². The third-order valence-corrected chi connectivity index (χ3v) is 6.12. The highest BCUT2D eigenvalue weighted by molar-refractivity contribution is 5.76. The Bertz CT molecular complexity index is 1550. The van der Waals surface area contributed by atoms with E-state index in [0.29, 0.717) is 17.5 Å². The van der Waals surface area contributed by atoms with Gasteiger partial charge in [0, 0.05) is 16.7 Å². The maximum absolute atomic E-state index is 4.88. The van der Waals surface area contributed by atoms with Crippen molar-refractivity contribution in [3.05, 3.63) is 140 Å². The molecule has 0 N–H and O–H groups in total. The van der Waals surface area contributed by atoms with Crippen LogP contribution >= 0.6 is 0 Å². The molecular weight excluding hydrogens is 438 g/mol. The van der Waals surface area contributed by atoms with Crippen LogP contribution in [0, 0.1) is 0 Å². The first-order valence-electron chi connectivity index (χ1n) is 12.0. The van der Waals surface area contributed by atoms with Gasteiger partial charge in [0.2, 0.25) is 0 Å². The molecule has 6 aromatic rings. The van der Waals surface area contributed by atoms with Crippen LogP contribution in [0.3, 0.4) is 0 Å². The summed E-state index contributed by atoms with van der Waals surface area (Å²) in [6, 6.07) is 47.6. The van der Waals surface area contributed by atoms with Gasteiger partial charge in [0.05, 0.1) is 0 Å². The lowest BCUT2D eigenvalue weighted by atomic mass is 9.98. The third-order valence-electron chi connectivity index (χ3n) is 6.12. The summed E-state index contributed by atoms with van der Waals surface area (Å²) in [7, 11) is 0. The summed E-state index contributed by atoms with van der Waals surface area (Å²) in [5.41, 5.74) is 7.54. The molecule has 0 fully saturated rings. The number of benzene rings is 5. The van der Waals surface area contributed by atoms with Crippen molar-refractivity contribution < 1.29 is 0 Å². The van der Waals surface area contributed by atoms with Gasteiger partial charge in [0.1, 0.15) is 0 Å². The smallest absolute Gasteiger partial charge is 0.164 e. The van der Waals surface area contributed by atoms with Crippen molar-refractivity contribution in [1.29, 1.82) is 0 Å². The Balaban J connectivity index is 1.45. The predicted octanol–water partition coefficient (Wildman–Crippen LogP) is 8.21. The summed E-state index contributed by atoms with van der Waals surface area (Å²) in [5.74, 6) is 1.98. The fourth-order valence-electron chi connectivity index (χ4n) is 4.28. The standard InChI is InChI=1S/C33H23N3/c1-4-12-24(13-5-1)27-18-10-19-28(22-27)29-20-11-21-30(23-29)33-35-31(25-14-6-2-7-15-25)34-32(36-33)26-16-8-3-9-17-26/h1-23H. The second-order valence-corrected chi connectivity index (χ2v) is 8.57. The van der Waals surface area contributed by atoms with E-state index in [0.717, 1.165) is 27.8 Å². The van der Waals surface area contributed by atoms with Crippen LogP contribution in [-0.4, -0.2) is 15.0 Å². The average Bonchev–Trinajstić information content (AvgIpc) is 2.98. The van der Waals surface area contributed by atoms with E-state index < -0.39 is 0 Å². The van der Waals surface area contributed by atoms with Crippen molar-refractivity contribution in [3.63, 3.8) is 0 Å². The molecule has 0 amide bonds. The lowest BCUT2D eigenvalue weighted by Crippen LogP contribution is -2.00. The van der Waals surface area contributed by atoms with E-state index in [1.54, 1.807) is 0 Å². The van der Waals surface area contributed by atoms with E-state index in [2.05, 4.69) is 72.8 Å². The summed E-state index contributed by atoms with van der Waals surface area (Å²) < 4.78 is 0. The second-order valence-electron chi connectivity index (χ2n) is 8.57. The number of hydrogen-bond acceptors (Lipinski definition) is 3. The number of hydrogen-bond donors (Lipinski definition) is 0. The van der Waals surface area contributed by atoms with Crippen molar-refractivity contribution in [2.24, 2.45) is 0 Å². The van der Waals surface area contributed by atoms with Gasteiger partial charge in [0.25, 0.3) is 0 Å². The molecule has 0 aliphatic carbocycles. The monoisotopic (exact) mass is 461 g/mol. The van der Waals surface area contributed by atoms with E-state index >= 15 is 0 Å². The van der Waals surface area contributed by atoms with Gasteiger partial charge < -0.3 is 0 Å². The zero-order valence-corrected chi connectivity index (χ0v) is 19.6. The lowest BCUT2D eigenvalue weighted by molar-refractivity contribution is 1.07. The van der Waals surface area contributed by atoms with Crippen LogP contribution in [0.2, 0.25) is 0 Å². The Morgan fingerprint density at radius 2 is 0.556 bits per heavy atom. The fraction of sp³-hybridized carbons (Fsp3) is 0. The first-order chi connectivity index (χ1) is 17.8. The SMILES string of the molecule is c1ccc(-c2cccc(-c3cccc(-c4nc(-c5ccccc5)nc(-c5ccccc5)n4)c3)c2)cc1. The molecule has 1 aromatic heterocycles. The molecule has 0 atom stereocenters. The maximum Gasteiger partial charge on any atom is 0.164 e. The van der Waals surface area contributed by atoms with E-state index in [4.69, 9.17) is 15.0 Å². The topological polar surface area (TPSA) is 38.7 Å². The summed E-state index contributed by atoms with van der Waals surface area (Å²) in [6.45, 7) is 0. The van der Waals surface area contributed by atoms with Crippen molar-refractivity contribution >= 4 is 0 Å². The normalized spacial score (nSPS) is 10.8. The van der Waals surface area contributed by atoms with E-state index in [1.807, 2.05) is 66.7 Å².